The van der Waals surface area contributed by atoms with Gasteiger partial charge in [-0.25, -0.2) is 9.79 Å². The number of hydrogen-bond donors (Lipinski definition) is 6. The number of carbonyl (C=O) groups is 1. The van der Waals surface area contributed by atoms with Crippen molar-refractivity contribution in [1.29, 1.82) is 0 Å². The summed E-state index contributed by atoms with van der Waals surface area (Å²) in [5.74, 6) is -1.62. The quantitative estimate of drug-likeness (QED) is 0.0840. The second-order valence-electron chi connectivity index (χ2n) is 11.1. The molecule has 0 atom stereocenters. The first-order valence-electron chi connectivity index (χ1n) is 14.4. The van der Waals surface area contributed by atoms with Gasteiger partial charge in [-0.15, -0.1) is 0 Å². The van der Waals surface area contributed by atoms with Gasteiger partial charge >= 0.3 is 5.97 Å². The van der Waals surface area contributed by atoms with Crippen LogP contribution in [0.4, 0.5) is 17.1 Å². The van der Waals surface area contributed by atoms with E-state index in [-0.39, 0.29) is 56.0 Å². The van der Waals surface area contributed by atoms with Gasteiger partial charge in [-0.1, -0.05) is 18.2 Å². The number of benzene rings is 5. The lowest BCUT2D eigenvalue weighted by Gasteiger charge is -2.19. The fourth-order valence-electron chi connectivity index (χ4n) is 5.41. The summed E-state index contributed by atoms with van der Waals surface area (Å²) in [4.78, 5) is 14.0. The van der Waals surface area contributed by atoms with Crippen molar-refractivity contribution in [3.63, 3.8) is 0 Å². The van der Waals surface area contributed by atoms with Crippen LogP contribution in [0.3, 0.4) is 0 Å². The first-order chi connectivity index (χ1) is 24.6. The van der Waals surface area contributed by atoms with Gasteiger partial charge in [-0.3, -0.25) is 18.2 Å². The molecule has 2 aliphatic rings. The van der Waals surface area contributed by atoms with Crippen LogP contribution in [0.5, 0.6) is 0 Å². The monoisotopic (exact) mass is 802 g/mol. The van der Waals surface area contributed by atoms with Crippen LogP contribution in [0, 0.1) is 0 Å². The van der Waals surface area contributed by atoms with E-state index in [0.717, 1.165) is 60.7 Å². The number of fused-ring (bicyclic) bond motifs is 2. The van der Waals surface area contributed by atoms with Crippen LogP contribution in [0.2, 0.25) is 0 Å². The lowest BCUT2D eigenvalue weighted by Crippen LogP contribution is -2.16. The highest BCUT2D eigenvalue weighted by molar-refractivity contribution is 7.86. The lowest BCUT2D eigenvalue weighted by atomic mass is 9.90. The van der Waals surface area contributed by atoms with Gasteiger partial charge in [0.1, 0.15) is 21.1 Å². The van der Waals surface area contributed by atoms with E-state index in [4.69, 9.17) is 4.42 Å². The summed E-state index contributed by atoms with van der Waals surface area (Å²) in [6, 6.07) is 18.0. The molecule has 1 heterocycles. The molecule has 0 aromatic heterocycles. The average molecular weight is 803 g/mol. The maximum absolute atomic E-state index is 12.7. The fraction of sp³-hybridized carbons (Fsp3) is 0. The molecule has 6 rings (SSSR count). The Morgan fingerprint density at radius 2 is 1.19 bits per heavy atom. The van der Waals surface area contributed by atoms with Gasteiger partial charge in [0.15, 0.2) is 0 Å². The van der Waals surface area contributed by atoms with Crippen LogP contribution < -0.4 is 10.7 Å². The molecular formula is C32H22N2O15S4. The van der Waals surface area contributed by atoms with Gasteiger partial charge in [-0.2, -0.15) is 33.7 Å². The van der Waals surface area contributed by atoms with Crippen molar-refractivity contribution in [2.24, 2.45) is 4.99 Å². The number of carboxylic acids is 1. The summed E-state index contributed by atoms with van der Waals surface area (Å²) in [7, 11) is -19.4. The molecule has 0 saturated heterocycles. The molecule has 0 saturated carbocycles. The van der Waals surface area contributed by atoms with Crippen molar-refractivity contribution in [1.82, 2.24) is 0 Å². The molecule has 0 spiro atoms. The van der Waals surface area contributed by atoms with Crippen LogP contribution in [-0.2, 0) is 40.5 Å². The van der Waals surface area contributed by atoms with E-state index in [9.17, 15) is 61.8 Å². The first kappa shape index (κ1) is 37.2. The SMILES string of the molecule is O=C(O)c1ccccc1-c1c2cc(S(=O)(=O)O)/c(=N/c3ccc(S(=O)(=O)O)cc3)cc-2oc2cc(Nc3ccc(S(=O)(=O)O)cc3)c(S(=O)(=O)O)cc12. The minimum absolute atomic E-state index is 0.0387. The molecule has 1 aliphatic carbocycles. The normalized spacial score (nSPS) is 13.0. The topological polar surface area (TPSA) is 292 Å². The zero-order chi connectivity index (χ0) is 38.7. The third-order valence-corrected chi connectivity index (χ3v) is 11.2. The molecule has 0 unspecified atom stereocenters. The summed E-state index contributed by atoms with van der Waals surface area (Å²) in [6.07, 6.45) is 0. The highest BCUT2D eigenvalue weighted by Gasteiger charge is 2.28. The molecule has 0 bridgehead atoms. The molecule has 17 nitrogen and oxygen atoms in total. The highest BCUT2D eigenvalue weighted by Crippen LogP contribution is 2.44. The summed E-state index contributed by atoms with van der Waals surface area (Å²) in [6.45, 7) is 0. The molecule has 4 aromatic carbocycles. The van der Waals surface area contributed by atoms with Crippen molar-refractivity contribution >= 4 is 74.5 Å². The third kappa shape index (κ3) is 7.67. The van der Waals surface area contributed by atoms with E-state index in [0.29, 0.717) is 0 Å². The Morgan fingerprint density at radius 3 is 1.74 bits per heavy atom. The second-order valence-corrected chi connectivity index (χ2v) is 16.8. The van der Waals surface area contributed by atoms with Crippen LogP contribution in [0.15, 0.2) is 126 Å². The highest BCUT2D eigenvalue weighted by atomic mass is 32.2. The smallest absolute Gasteiger partial charge is 0.336 e. The predicted molar refractivity (Wildman–Crippen MR) is 186 cm³/mol. The van der Waals surface area contributed by atoms with Crippen LogP contribution in [0.25, 0.3) is 33.4 Å². The molecule has 6 N–H and O–H groups in total. The molecule has 1 aliphatic heterocycles. The van der Waals surface area contributed by atoms with E-state index in [1.165, 1.54) is 36.4 Å². The average Bonchev–Trinajstić information content (AvgIpc) is 3.05. The van der Waals surface area contributed by atoms with Gasteiger partial charge < -0.3 is 14.8 Å². The Morgan fingerprint density at radius 1 is 0.623 bits per heavy atom. The van der Waals surface area contributed by atoms with E-state index >= 15 is 0 Å². The number of nitrogens with zero attached hydrogens (tertiary/aromatic N) is 1. The largest absolute Gasteiger partial charge is 0.478 e. The summed E-state index contributed by atoms with van der Waals surface area (Å²) in [5.41, 5.74) is -1.11. The van der Waals surface area contributed by atoms with Gasteiger partial charge in [0.25, 0.3) is 40.5 Å². The second kappa shape index (κ2) is 13.2. The van der Waals surface area contributed by atoms with Crippen molar-refractivity contribution in [2.75, 3.05) is 5.32 Å². The van der Waals surface area contributed by atoms with Crippen molar-refractivity contribution in [3.05, 3.63) is 108 Å². The van der Waals surface area contributed by atoms with Crippen LogP contribution in [-0.4, -0.2) is 63.0 Å². The Hall–Kier alpha value is -5.52. The molecular weight excluding hydrogens is 781 g/mol. The summed E-state index contributed by atoms with van der Waals surface area (Å²) < 4.78 is 142. The molecule has 4 aromatic rings. The summed E-state index contributed by atoms with van der Waals surface area (Å²) >= 11 is 0. The molecule has 274 valence electrons. The van der Waals surface area contributed by atoms with Gasteiger partial charge in [0.05, 0.1) is 32.1 Å². The number of nitrogens with one attached hydrogen (secondary N) is 1. The lowest BCUT2D eigenvalue weighted by molar-refractivity contribution is 0.0697. The molecule has 0 amide bonds. The van der Waals surface area contributed by atoms with Gasteiger partial charge in [0.2, 0.25) is 0 Å². The Balaban J connectivity index is 1.72. The van der Waals surface area contributed by atoms with E-state index < -0.39 is 71.4 Å². The Labute approximate surface area is 299 Å². The van der Waals surface area contributed by atoms with E-state index in [2.05, 4.69) is 10.3 Å². The van der Waals surface area contributed by atoms with Crippen LogP contribution in [0.1, 0.15) is 10.4 Å². The standard InChI is InChI=1S/C32H22N2O15S4/c35-32(36)22-4-2-1-3-21(22)31-23-13-29(52(43,44)45)25(33-17-5-9-19(10-6-17)50(37,38)39)15-27(23)49-28-16-26(30(14-24(28)31)53(46,47)48)34-18-7-11-20(12-8-18)51(40,41)42/h1-16,33H,(H,35,36)(H,37,38,39)(H,40,41,42)(H,43,44,45)(H,46,47,48)/b34-26+. The molecule has 53 heavy (non-hydrogen) atoms. The number of hydrogen-bond acceptors (Lipinski definition) is 12. The van der Waals surface area contributed by atoms with E-state index in [1.54, 1.807) is 0 Å². The number of aromatic carboxylic acids is 1. The number of rotatable bonds is 9. The van der Waals surface area contributed by atoms with E-state index in [1.807, 2.05) is 0 Å². The zero-order valence-electron chi connectivity index (χ0n) is 26.1. The maximum atomic E-state index is 12.7. The third-order valence-electron chi connectivity index (χ3n) is 7.70. The zero-order valence-corrected chi connectivity index (χ0v) is 29.4. The number of anilines is 2. The Kier molecular flexibility index (Phi) is 9.25. The first-order valence-corrected chi connectivity index (χ1v) is 20.2. The van der Waals surface area contributed by atoms with Crippen molar-refractivity contribution in [2.45, 2.75) is 19.6 Å². The molecule has 0 radical (unpaired) electrons. The van der Waals surface area contributed by atoms with Gasteiger partial charge in [0, 0.05) is 34.3 Å². The maximum Gasteiger partial charge on any atom is 0.336 e. The summed E-state index contributed by atoms with van der Waals surface area (Å²) in [5, 5.41) is 12.2. The van der Waals surface area contributed by atoms with Gasteiger partial charge in [-0.05, 0) is 72.3 Å². The van der Waals surface area contributed by atoms with Crippen molar-refractivity contribution in [3.8, 4) is 22.5 Å². The molecule has 0 fully saturated rings. The minimum atomic E-state index is -5.13. The Bertz CT molecular complexity index is 2980. The molecule has 21 heteroatoms. The van der Waals surface area contributed by atoms with Crippen molar-refractivity contribution < 1.29 is 66.2 Å². The minimum Gasteiger partial charge on any atom is -0.478 e. The predicted octanol–water partition coefficient (Wildman–Crippen LogP) is 4.87. The van der Waals surface area contributed by atoms with Crippen LogP contribution >= 0.6 is 0 Å². The fourth-order valence-corrected chi connectivity index (χ4v) is 7.66. The number of carboxylic acid groups (broad SMARTS) is 1.